The van der Waals surface area contributed by atoms with Crippen molar-refractivity contribution in [3.05, 3.63) is 50.1 Å². The van der Waals surface area contributed by atoms with Crippen LogP contribution in [0.5, 0.6) is 0 Å². The molecular formula is C22H28N2O6. The van der Waals surface area contributed by atoms with Gasteiger partial charge in [-0.1, -0.05) is 31.4 Å². The van der Waals surface area contributed by atoms with Crippen LogP contribution in [0.15, 0.2) is 50.1 Å². The number of ether oxygens (including phenoxy) is 2. The van der Waals surface area contributed by atoms with Crippen LogP contribution in [0.25, 0.3) is 0 Å². The molecular weight excluding hydrogens is 388 g/mol. The van der Waals surface area contributed by atoms with E-state index < -0.39 is 29.2 Å². The van der Waals surface area contributed by atoms with Gasteiger partial charge in [-0.3, -0.25) is 9.59 Å². The molecule has 2 N–H and O–H groups in total. The smallest absolute Gasteiger partial charge is 0.330 e. The Hall–Kier alpha value is -3.16. The van der Waals surface area contributed by atoms with Gasteiger partial charge in [0, 0.05) is 17.6 Å². The fourth-order valence-corrected chi connectivity index (χ4v) is 4.29. The van der Waals surface area contributed by atoms with Crippen LogP contribution in [0.2, 0.25) is 0 Å². The van der Waals surface area contributed by atoms with E-state index in [0.29, 0.717) is 12.8 Å². The highest BCUT2D eigenvalue weighted by Crippen LogP contribution is 2.58. The van der Waals surface area contributed by atoms with Crippen LogP contribution < -0.4 is 10.6 Å². The number of nitrogens with one attached hydrogen (secondary N) is 2. The number of carbonyl (C=O) groups excluding carboxylic acids is 4. The molecule has 162 valence electrons. The minimum atomic E-state index is -0.573. The van der Waals surface area contributed by atoms with Crippen molar-refractivity contribution >= 4 is 23.8 Å². The number of esters is 2. The van der Waals surface area contributed by atoms with Gasteiger partial charge in [0.1, 0.15) is 13.2 Å². The highest BCUT2D eigenvalue weighted by atomic mass is 16.5. The Morgan fingerprint density at radius 3 is 2.07 bits per heavy atom. The Bertz CT molecular complexity index is 759. The summed E-state index contributed by atoms with van der Waals surface area (Å²) in [5.74, 6) is -2.83. The predicted octanol–water partition coefficient (Wildman–Crippen LogP) is 1.06. The van der Waals surface area contributed by atoms with Gasteiger partial charge in [0.2, 0.25) is 11.8 Å². The van der Waals surface area contributed by atoms with E-state index in [0.717, 1.165) is 12.2 Å². The van der Waals surface area contributed by atoms with Gasteiger partial charge >= 0.3 is 11.9 Å². The number of hydrogen-bond acceptors (Lipinski definition) is 6. The topological polar surface area (TPSA) is 111 Å². The first-order chi connectivity index (χ1) is 14.4. The first-order valence-electron chi connectivity index (χ1n) is 9.82. The zero-order chi connectivity index (χ0) is 22.1. The maximum atomic E-state index is 13.0. The molecule has 4 atom stereocenters. The summed E-state index contributed by atoms with van der Waals surface area (Å²) in [5.41, 5.74) is -0.467. The molecule has 4 unspecified atom stereocenters. The molecule has 0 spiro atoms. The molecule has 2 bridgehead atoms. The van der Waals surface area contributed by atoms with Gasteiger partial charge in [-0.25, -0.2) is 9.59 Å². The molecule has 8 heteroatoms. The summed E-state index contributed by atoms with van der Waals surface area (Å²) < 4.78 is 9.74. The first-order valence-corrected chi connectivity index (χ1v) is 9.82. The monoisotopic (exact) mass is 416 g/mol. The van der Waals surface area contributed by atoms with Crippen molar-refractivity contribution in [3.63, 3.8) is 0 Å². The van der Waals surface area contributed by atoms with Crippen LogP contribution in [0.4, 0.5) is 0 Å². The Morgan fingerprint density at radius 2 is 1.53 bits per heavy atom. The van der Waals surface area contributed by atoms with Crippen molar-refractivity contribution in [2.45, 2.75) is 12.8 Å². The summed E-state index contributed by atoms with van der Waals surface area (Å²) in [5, 5.41) is 5.52. The lowest BCUT2D eigenvalue weighted by Gasteiger charge is -2.34. The third-order valence-corrected chi connectivity index (χ3v) is 5.47. The molecule has 0 aromatic rings. The molecule has 8 nitrogen and oxygen atoms in total. The van der Waals surface area contributed by atoms with Crippen molar-refractivity contribution in [1.82, 2.24) is 10.6 Å². The van der Waals surface area contributed by atoms with Crippen LogP contribution >= 0.6 is 0 Å². The molecule has 0 radical (unpaired) electrons. The summed E-state index contributed by atoms with van der Waals surface area (Å²) in [6.45, 7) is 10.7. The lowest BCUT2D eigenvalue weighted by Crippen LogP contribution is -2.48. The quantitative estimate of drug-likeness (QED) is 0.213. The van der Waals surface area contributed by atoms with E-state index in [1.165, 1.54) is 0 Å². The second kappa shape index (κ2) is 10.6. The highest BCUT2D eigenvalue weighted by molar-refractivity contribution is 5.90. The molecule has 2 rings (SSSR count). The third kappa shape index (κ3) is 5.25. The number of hydrogen-bond donors (Lipinski definition) is 2. The largest absolute Gasteiger partial charge is 0.461 e. The lowest BCUT2D eigenvalue weighted by atomic mass is 9.70. The predicted molar refractivity (Wildman–Crippen MR) is 110 cm³/mol. The lowest BCUT2D eigenvalue weighted by molar-refractivity contribution is -0.140. The van der Waals surface area contributed by atoms with Crippen molar-refractivity contribution in [2.75, 3.05) is 26.3 Å². The van der Waals surface area contributed by atoms with E-state index in [9.17, 15) is 19.2 Å². The molecule has 1 saturated carbocycles. The van der Waals surface area contributed by atoms with Crippen molar-refractivity contribution in [1.29, 1.82) is 0 Å². The van der Waals surface area contributed by atoms with Crippen LogP contribution in [0.1, 0.15) is 12.8 Å². The summed E-state index contributed by atoms with van der Waals surface area (Å²) in [7, 11) is 0. The molecule has 0 aliphatic heterocycles. The van der Waals surface area contributed by atoms with Gasteiger partial charge in [-0.05, 0) is 18.8 Å². The Kier molecular flexibility index (Phi) is 8.15. The third-order valence-electron chi connectivity index (χ3n) is 5.47. The minimum Gasteiger partial charge on any atom is -0.461 e. The van der Waals surface area contributed by atoms with E-state index in [-0.39, 0.29) is 44.0 Å². The standard InChI is InChI=1S/C22H28N2O6/c1-4-8-22-9-7-15(14-22)18(20(27)23-10-12-29-16(25)5-2)19(22)21(28)24-11-13-30-17(26)6-3/h4-7,9,15,18-19H,1-3,8,10-14H2,(H,23,27)(H,24,28). The van der Waals surface area contributed by atoms with E-state index >= 15 is 0 Å². The van der Waals surface area contributed by atoms with E-state index in [1.54, 1.807) is 6.08 Å². The number of allylic oxidation sites excluding steroid dienone is 3. The molecule has 0 saturated heterocycles. The van der Waals surface area contributed by atoms with Crippen LogP contribution in [-0.2, 0) is 28.7 Å². The Balaban J connectivity index is 2.02. The van der Waals surface area contributed by atoms with Crippen LogP contribution in [-0.4, -0.2) is 50.1 Å². The molecule has 2 aliphatic carbocycles. The van der Waals surface area contributed by atoms with Gasteiger partial charge in [0.25, 0.3) is 0 Å². The number of rotatable bonds is 12. The second-order valence-corrected chi connectivity index (χ2v) is 7.28. The average Bonchev–Trinajstić information content (AvgIpc) is 3.29. The maximum absolute atomic E-state index is 13.0. The molecule has 0 aromatic heterocycles. The van der Waals surface area contributed by atoms with Crippen LogP contribution in [0.3, 0.4) is 0 Å². The zero-order valence-corrected chi connectivity index (χ0v) is 16.9. The van der Waals surface area contributed by atoms with Gasteiger partial charge in [-0.15, -0.1) is 6.58 Å². The first kappa shape index (κ1) is 23.1. The van der Waals surface area contributed by atoms with E-state index in [2.05, 4.69) is 30.4 Å². The van der Waals surface area contributed by atoms with Gasteiger partial charge in [-0.2, -0.15) is 0 Å². The molecule has 0 aromatic carbocycles. The Morgan fingerprint density at radius 1 is 0.967 bits per heavy atom. The fraction of sp³-hybridized carbons (Fsp3) is 0.455. The van der Waals surface area contributed by atoms with Gasteiger partial charge in [0.05, 0.1) is 24.9 Å². The van der Waals surface area contributed by atoms with Crippen LogP contribution in [0, 0.1) is 23.2 Å². The summed E-state index contributed by atoms with van der Waals surface area (Å²) in [6.07, 6.45) is 9.12. The SMILES string of the molecule is C=CCC12C=CC(C1)C(C(=O)NCCOC(=O)C=C)C2C(=O)NCCOC(=O)C=C. The molecule has 1 fully saturated rings. The average molecular weight is 416 g/mol. The van der Waals surface area contributed by atoms with Gasteiger partial charge in [0.15, 0.2) is 0 Å². The van der Waals surface area contributed by atoms with Gasteiger partial charge < -0.3 is 20.1 Å². The molecule has 2 aliphatic rings. The highest BCUT2D eigenvalue weighted by Gasteiger charge is 2.59. The van der Waals surface area contributed by atoms with E-state index in [4.69, 9.17) is 9.47 Å². The minimum absolute atomic E-state index is 0.0164. The summed E-state index contributed by atoms with van der Waals surface area (Å²) >= 11 is 0. The molecule has 30 heavy (non-hydrogen) atoms. The van der Waals surface area contributed by atoms with Crippen molar-refractivity contribution in [2.24, 2.45) is 23.2 Å². The second-order valence-electron chi connectivity index (χ2n) is 7.28. The normalized spacial score (nSPS) is 25.8. The van der Waals surface area contributed by atoms with E-state index in [1.807, 2.05) is 12.2 Å². The summed E-state index contributed by atoms with van der Waals surface area (Å²) in [6, 6.07) is 0. The van der Waals surface area contributed by atoms with Crippen molar-refractivity contribution in [3.8, 4) is 0 Å². The number of amides is 2. The maximum Gasteiger partial charge on any atom is 0.330 e. The van der Waals surface area contributed by atoms with Crippen molar-refractivity contribution < 1.29 is 28.7 Å². The number of fused-ring (bicyclic) bond motifs is 2. The molecule has 0 heterocycles. The number of carbonyl (C=O) groups is 4. The fourth-order valence-electron chi connectivity index (χ4n) is 4.29. The molecule has 2 amide bonds. The zero-order valence-electron chi connectivity index (χ0n) is 16.9. The Labute approximate surface area is 176 Å². The summed E-state index contributed by atoms with van der Waals surface area (Å²) in [4.78, 5) is 48.1.